The fourth-order valence-corrected chi connectivity index (χ4v) is 1.87. The van der Waals surface area contributed by atoms with Crippen LogP contribution < -0.4 is 10.6 Å². The van der Waals surface area contributed by atoms with E-state index < -0.39 is 0 Å². The Morgan fingerprint density at radius 1 is 1.42 bits per heavy atom. The number of rotatable bonds is 6. The van der Waals surface area contributed by atoms with Gasteiger partial charge in [0, 0.05) is 25.0 Å². The van der Waals surface area contributed by atoms with Gasteiger partial charge in [0.05, 0.1) is 12.2 Å². The van der Waals surface area contributed by atoms with Crippen LogP contribution in [0.1, 0.15) is 37.6 Å². The first-order valence-electron chi connectivity index (χ1n) is 6.77. The van der Waals surface area contributed by atoms with E-state index in [1.165, 1.54) is 0 Å². The van der Waals surface area contributed by atoms with Gasteiger partial charge in [-0.05, 0) is 31.0 Å². The summed E-state index contributed by atoms with van der Waals surface area (Å²) in [6, 6.07) is 5.49. The van der Waals surface area contributed by atoms with Crippen LogP contribution in [-0.2, 0) is 4.74 Å². The van der Waals surface area contributed by atoms with Crippen molar-refractivity contribution >= 4 is 17.3 Å². The average Bonchev–Trinajstić information content (AvgIpc) is 2.39. The van der Waals surface area contributed by atoms with Gasteiger partial charge in [-0.2, -0.15) is 0 Å². The number of esters is 1. The molecule has 1 atom stereocenters. The fourth-order valence-electron chi connectivity index (χ4n) is 1.87. The summed E-state index contributed by atoms with van der Waals surface area (Å²) in [6.45, 7) is 7.46. The first kappa shape index (κ1) is 15.3. The number of hydrogen-bond acceptors (Lipinski definition) is 4. The molecule has 0 heterocycles. The van der Waals surface area contributed by atoms with Gasteiger partial charge in [0.15, 0.2) is 0 Å². The van der Waals surface area contributed by atoms with Crippen LogP contribution in [0.4, 0.5) is 11.4 Å². The lowest BCUT2D eigenvalue weighted by molar-refractivity contribution is 0.0527. The highest BCUT2D eigenvalue weighted by Crippen LogP contribution is 2.22. The van der Waals surface area contributed by atoms with Crippen molar-refractivity contribution < 1.29 is 9.53 Å². The number of carbonyl (C=O) groups is 1. The number of nitrogens with two attached hydrogens (primary N) is 1. The molecule has 0 fully saturated rings. The zero-order valence-electron chi connectivity index (χ0n) is 12.3. The molecular formula is C15H24N2O2. The van der Waals surface area contributed by atoms with E-state index in [-0.39, 0.29) is 5.97 Å². The van der Waals surface area contributed by atoms with Crippen molar-refractivity contribution in [1.82, 2.24) is 0 Å². The van der Waals surface area contributed by atoms with Gasteiger partial charge in [-0.15, -0.1) is 0 Å². The van der Waals surface area contributed by atoms with E-state index in [1.54, 1.807) is 19.1 Å². The Kier molecular flexibility index (Phi) is 5.67. The van der Waals surface area contributed by atoms with Crippen LogP contribution in [0.15, 0.2) is 18.2 Å². The van der Waals surface area contributed by atoms with Crippen LogP contribution in [-0.4, -0.2) is 26.2 Å². The lowest BCUT2D eigenvalue weighted by Gasteiger charge is -2.23. The molecule has 4 heteroatoms. The third kappa shape index (κ3) is 4.16. The molecule has 19 heavy (non-hydrogen) atoms. The summed E-state index contributed by atoms with van der Waals surface area (Å²) in [6.07, 6.45) is 1.13. The van der Waals surface area contributed by atoms with Gasteiger partial charge in [0.2, 0.25) is 0 Å². The quantitative estimate of drug-likeness (QED) is 0.634. The van der Waals surface area contributed by atoms with Crippen molar-refractivity contribution in [3.05, 3.63) is 23.8 Å². The number of benzene rings is 1. The number of nitrogen functional groups attached to an aromatic ring is 1. The average molecular weight is 264 g/mol. The summed E-state index contributed by atoms with van der Waals surface area (Å²) >= 11 is 0. The van der Waals surface area contributed by atoms with Crippen LogP contribution in [0.2, 0.25) is 0 Å². The van der Waals surface area contributed by atoms with Gasteiger partial charge in [-0.25, -0.2) is 4.79 Å². The van der Waals surface area contributed by atoms with Gasteiger partial charge in [-0.3, -0.25) is 0 Å². The molecular weight excluding hydrogens is 240 g/mol. The van der Waals surface area contributed by atoms with Gasteiger partial charge >= 0.3 is 5.97 Å². The molecule has 0 radical (unpaired) electrons. The van der Waals surface area contributed by atoms with E-state index >= 15 is 0 Å². The van der Waals surface area contributed by atoms with Crippen molar-refractivity contribution in [2.75, 3.05) is 30.8 Å². The highest BCUT2D eigenvalue weighted by Gasteiger charge is 2.13. The van der Waals surface area contributed by atoms with E-state index in [1.807, 2.05) is 13.1 Å². The summed E-state index contributed by atoms with van der Waals surface area (Å²) in [5.41, 5.74) is 7.71. The Bertz CT molecular complexity index is 432. The maximum atomic E-state index is 11.8. The summed E-state index contributed by atoms with van der Waals surface area (Å²) in [4.78, 5) is 13.9. The number of hydrogen-bond donors (Lipinski definition) is 1. The molecule has 0 amide bonds. The summed E-state index contributed by atoms with van der Waals surface area (Å²) in [5.74, 6) is 0.243. The zero-order valence-corrected chi connectivity index (χ0v) is 12.3. The predicted molar refractivity (Wildman–Crippen MR) is 79.5 cm³/mol. The smallest absolute Gasteiger partial charge is 0.340 e. The van der Waals surface area contributed by atoms with Gasteiger partial charge in [-0.1, -0.05) is 20.3 Å². The SMILES string of the molecule is CCOC(=O)c1cc(N(C)CC(C)CC)ccc1N. The lowest BCUT2D eigenvalue weighted by atomic mass is 10.1. The predicted octanol–water partition coefficient (Wildman–Crippen LogP) is 2.93. The molecule has 0 aliphatic heterocycles. The minimum absolute atomic E-state index is 0.352. The van der Waals surface area contributed by atoms with Crippen molar-refractivity contribution in [3.63, 3.8) is 0 Å². The maximum Gasteiger partial charge on any atom is 0.340 e. The Balaban J connectivity index is 2.92. The normalized spacial score (nSPS) is 12.0. The molecule has 1 aromatic rings. The third-order valence-electron chi connectivity index (χ3n) is 3.26. The number of ether oxygens (including phenoxy) is 1. The van der Waals surface area contributed by atoms with Crippen molar-refractivity contribution in [2.45, 2.75) is 27.2 Å². The molecule has 1 aromatic carbocycles. The van der Waals surface area contributed by atoms with E-state index in [4.69, 9.17) is 10.5 Å². The van der Waals surface area contributed by atoms with Gasteiger partial charge in [0.25, 0.3) is 0 Å². The topological polar surface area (TPSA) is 55.6 Å². The second-order valence-corrected chi connectivity index (χ2v) is 4.89. The molecule has 106 valence electrons. The Labute approximate surface area is 115 Å². The van der Waals surface area contributed by atoms with Gasteiger partial charge in [0.1, 0.15) is 0 Å². The Hall–Kier alpha value is -1.71. The fraction of sp³-hybridized carbons (Fsp3) is 0.533. The van der Waals surface area contributed by atoms with Crippen LogP contribution in [0.3, 0.4) is 0 Å². The number of anilines is 2. The highest BCUT2D eigenvalue weighted by molar-refractivity contribution is 5.96. The molecule has 0 aromatic heterocycles. The number of carbonyl (C=O) groups excluding carboxylic acids is 1. The summed E-state index contributed by atoms with van der Waals surface area (Å²) < 4.78 is 5.01. The van der Waals surface area contributed by atoms with Crippen LogP contribution in [0.5, 0.6) is 0 Å². The largest absolute Gasteiger partial charge is 0.462 e. The van der Waals surface area contributed by atoms with E-state index in [9.17, 15) is 4.79 Å². The summed E-state index contributed by atoms with van der Waals surface area (Å²) in [5, 5.41) is 0. The second kappa shape index (κ2) is 7.02. The van der Waals surface area contributed by atoms with Crippen LogP contribution in [0, 0.1) is 5.92 Å². The van der Waals surface area contributed by atoms with Crippen molar-refractivity contribution in [3.8, 4) is 0 Å². The standard InChI is InChI=1S/C15H24N2O2/c1-5-11(3)10-17(4)12-7-8-14(16)13(9-12)15(18)19-6-2/h7-9,11H,5-6,10,16H2,1-4H3. The molecule has 2 N–H and O–H groups in total. The molecule has 0 aliphatic rings. The van der Waals surface area contributed by atoms with Crippen LogP contribution >= 0.6 is 0 Å². The molecule has 0 aliphatic carbocycles. The van der Waals surface area contributed by atoms with Crippen molar-refractivity contribution in [2.24, 2.45) is 5.92 Å². The maximum absolute atomic E-state index is 11.8. The minimum atomic E-state index is -0.362. The monoisotopic (exact) mass is 264 g/mol. The molecule has 0 spiro atoms. The van der Waals surface area contributed by atoms with Crippen molar-refractivity contribution in [1.29, 1.82) is 0 Å². The second-order valence-electron chi connectivity index (χ2n) is 4.89. The molecule has 0 saturated heterocycles. The highest BCUT2D eigenvalue weighted by atomic mass is 16.5. The van der Waals surface area contributed by atoms with Crippen LogP contribution in [0.25, 0.3) is 0 Å². The zero-order chi connectivity index (χ0) is 14.4. The molecule has 0 saturated carbocycles. The third-order valence-corrected chi connectivity index (χ3v) is 3.26. The minimum Gasteiger partial charge on any atom is -0.462 e. The molecule has 1 unspecified atom stereocenters. The molecule has 1 rings (SSSR count). The first-order chi connectivity index (χ1) is 8.99. The Morgan fingerprint density at radius 2 is 2.11 bits per heavy atom. The first-order valence-corrected chi connectivity index (χ1v) is 6.77. The van der Waals surface area contributed by atoms with Gasteiger partial charge < -0.3 is 15.4 Å². The molecule has 0 bridgehead atoms. The van der Waals surface area contributed by atoms with E-state index in [2.05, 4.69) is 18.7 Å². The Morgan fingerprint density at radius 3 is 2.68 bits per heavy atom. The summed E-state index contributed by atoms with van der Waals surface area (Å²) in [7, 11) is 2.02. The van der Waals surface area contributed by atoms with E-state index in [0.717, 1.165) is 18.7 Å². The molecule has 4 nitrogen and oxygen atoms in total. The lowest BCUT2D eigenvalue weighted by Crippen LogP contribution is -2.24. The van der Waals surface area contributed by atoms with E-state index in [0.29, 0.717) is 23.8 Å². The number of nitrogens with zero attached hydrogens (tertiary/aromatic N) is 1.